The third-order valence-corrected chi connectivity index (χ3v) is 2.56. The fourth-order valence-electron chi connectivity index (χ4n) is 1.87. The van der Waals surface area contributed by atoms with Crippen LogP contribution in [0.15, 0.2) is 0 Å². The molecule has 0 bridgehead atoms. The summed E-state index contributed by atoms with van der Waals surface area (Å²) in [6.45, 7) is 8.54. The van der Waals surface area contributed by atoms with Gasteiger partial charge in [0.05, 0.1) is 6.54 Å². The second kappa shape index (κ2) is 6.42. The van der Waals surface area contributed by atoms with Crippen LogP contribution in [0.4, 0.5) is 0 Å². The van der Waals surface area contributed by atoms with E-state index in [2.05, 4.69) is 15.5 Å². The van der Waals surface area contributed by atoms with E-state index in [0.29, 0.717) is 12.6 Å². The van der Waals surface area contributed by atoms with Crippen molar-refractivity contribution in [1.82, 2.24) is 15.5 Å². The normalized spacial score (nSPS) is 21.6. The molecule has 96 valence electrons. The largest absolute Gasteiger partial charge is 0.350 e. The molecule has 2 N–H and O–H groups in total. The summed E-state index contributed by atoms with van der Waals surface area (Å²) in [7, 11) is 1.98. The number of amides is 1. The van der Waals surface area contributed by atoms with Crippen molar-refractivity contribution in [3.8, 4) is 0 Å². The maximum Gasteiger partial charge on any atom is 0.234 e. The van der Waals surface area contributed by atoms with Gasteiger partial charge in [0.2, 0.25) is 5.91 Å². The summed E-state index contributed by atoms with van der Waals surface area (Å²) in [4.78, 5) is 13.8. The van der Waals surface area contributed by atoms with Gasteiger partial charge in [-0.05, 0) is 34.2 Å². The number of hydrogen-bond donors (Lipinski definition) is 2. The summed E-state index contributed by atoms with van der Waals surface area (Å²) in [5, 5.41) is 6.22. The second-order valence-corrected chi connectivity index (χ2v) is 5.31. The van der Waals surface area contributed by atoms with Crippen molar-refractivity contribution in [3.05, 3.63) is 0 Å². The Morgan fingerprint density at radius 3 is 2.50 bits per heavy atom. The Balaban J connectivity index is 0.00000225. The van der Waals surface area contributed by atoms with Gasteiger partial charge >= 0.3 is 0 Å². The molecule has 0 aromatic rings. The molecule has 16 heavy (non-hydrogen) atoms. The number of nitrogens with one attached hydrogen (secondary N) is 2. The molecular formula is C11H24ClN3O. The predicted octanol–water partition coefficient (Wildman–Crippen LogP) is 0.617. The average molecular weight is 250 g/mol. The molecule has 0 aromatic heterocycles. The van der Waals surface area contributed by atoms with E-state index in [9.17, 15) is 4.79 Å². The first-order valence-electron chi connectivity index (χ1n) is 5.61. The molecule has 5 heteroatoms. The van der Waals surface area contributed by atoms with Gasteiger partial charge in [0, 0.05) is 24.7 Å². The Morgan fingerprint density at radius 2 is 2.06 bits per heavy atom. The summed E-state index contributed by atoms with van der Waals surface area (Å²) in [6.07, 6.45) is 1.14. The van der Waals surface area contributed by atoms with Gasteiger partial charge in [-0.3, -0.25) is 9.69 Å². The van der Waals surface area contributed by atoms with Gasteiger partial charge in [-0.25, -0.2) is 0 Å². The molecule has 1 rings (SSSR count). The summed E-state index contributed by atoms with van der Waals surface area (Å²) >= 11 is 0. The third kappa shape index (κ3) is 5.68. The summed E-state index contributed by atoms with van der Waals surface area (Å²) in [6, 6.07) is 0.549. The summed E-state index contributed by atoms with van der Waals surface area (Å²) < 4.78 is 0. The Kier molecular flexibility index (Phi) is 6.30. The lowest BCUT2D eigenvalue weighted by molar-refractivity contribution is -0.123. The van der Waals surface area contributed by atoms with Crippen LogP contribution in [0.2, 0.25) is 0 Å². The van der Waals surface area contributed by atoms with E-state index in [1.54, 1.807) is 0 Å². The Hall–Kier alpha value is -0.320. The van der Waals surface area contributed by atoms with Crippen LogP contribution >= 0.6 is 12.4 Å². The zero-order valence-corrected chi connectivity index (χ0v) is 11.5. The van der Waals surface area contributed by atoms with E-state index in [1.807, 2.05) is 27.8 Å². The van der Waals surface area contributed by atoms with E-state index >= 15 is 0 Å². The predicted molar refractivity (Wildman–Crippen MR) is 69.0 cm³/mol. The Labute approximate surface area is 105 Å². The van der Waals surface area contributed by atoms with Crippen molar-refractivity contribution < 1.29 is 4.79 Å². The first-order valence-corrected chi connectivity index (χ1v) is 5.61. The molecule has 1 aliphatic heterocycles. The van der Waals surface area contributed by atoms with Crippen LogP contribution in [-0.4, -0.2) is 49.1 Å². The van der Waals surface area contributed by atoms with Crippen LogP contribution in [-0.2, 0) is 4.79 Å². The Bertz CT molecular complexity index is 228. The lowest BCUT2D eigenvalue weighted by Gasteiger charge is -2.23. The molecule has 0 aromatic carbocycles. The number of halogens is 1. The first kappa shape index (κ1) is 15.7. The van der Waals surface area contributed by atoms with Gasteiger partial charge in [-0.1, -0.05) is 0 Å². The van der Waals surface area contributed by atoms with Crippen molar-refractivity contribution >= 4 is 18.3 Å². The SMILES string of the molecule is CNC1CCN(CC(=O)NC(C)(C)C)C1.Cl. The van der Waals surface area contributed by atoms with Crippen LogP contribution in [0.1, 0.15) is 27.2 Å². The monoisotopic (exact) mass is 249 g/mol. The number of carbonyl (C=O) groups excluding carboxylic acids is 1. The van der Waals surface area contributed by atoms with Crippen LogP contribution in [0.3, 0.4) is 0 Å². The molecule has 1 fully saturated rings. The van der Waals surface area contributed by atoms with Crippen molar-refractivity contribution in [1.29, 1.82) is 0 Å². The van der Waals surface area contributed by atoms with Gasteiger partial charge in [0.15, 0.2) is 0 Å². The molecule has 1 atom stereocenters. The first-order chi connectivity index (χ1) is 6.90. The van der Waals surface area contributed by atoms with Crippen molar-refractivity contribution in [2.45, 2.75) is 38.8 Å². The fraction of sp³-hybridized carbons (Fsp3) is 0.909. The molecule has 1 unspecified atom stereocenters. The maximum absolute atomic E-state index is 11.6. The minimum absolute atomic E-state index is 0. The zero-order valence-electron chi connectivity index (χ0n) is 10.7. The molecule has 1 amide bonds. The van der Waals surface area contributed by atoms with Gasteiger partial charge in [0.1, 0.15) is 0 Å². The summed E-state index contributed by atoms with van der Waals surface area (Å²) in [5.41, 5.74) is -0.126. The number of rotatable bonds is 3. The van der Waals surface area contributed by atoms with E-state index in [4.69, 9.17) is 0 Å². The molecule has 1 aliphatic rings. The van der Waals surface area contributed by atoms with E-state index < -0.39 is 0 Å². The minimum Gasteiger partial charge on any atom is -0.350 e. The van der Waals surface area contributed by atoms with Crippen molar-refractivity contribution in [2.75, 3.05) is 26.7 Å². The van der Waals surface area contributed by atoms with Gasteiger partial charge in [-0.15, -0.1) is 12.4 Å². The number of hydrogen-bond acceptors (Lipinski definition) is 3. The number of nitrogens with zero attached hydrogens (tertiary/aromatic N) is 1. The summed E-state index contributed by atoms with van der Waals surface area (Å²) in [5.74, 6) is 0.124. The second-order valence-electron chi connectivity index (χ2n) is 5.31. The quantitative estimate of drug-likeness (QED) is 0.771. The van der Waals surface area contributed by atoms with E-state index in [1.165, 1.54) is 0 Å². The van der Waals surface area contributed by atoms with Crippen LogP contribution in [0.25, 0.3) is 0 Å². The molecule has 0 aliphatic carbocycles. The van der Waals surface area contributed by atoms with Crippen molar-refractivity contribution in [2.24, 2.45) is 0 Å². The molecular weight excluding hydrogens is 226 g/mol. The molecule has 1 heterocycles. The van der Waals surface area contributed by atoms with Gasteiger partial charge in [0.25, 0.3) is 0 Å². The number of likely N-dealkylation sites (N-methyl/N-ethyl adjacent to an activating group) is 1. The molecule has 0 saturated carbocycles. The van der Waals surface area contributed by atoms with Crippen LogP contribution < -0.4 is 10.6 Å². The highest BCUT2D eigenvalue weighted by molar-refractivity contribution is 5.85. The fourth-order valence-corrected chi connectivity index (χ4v) is 1.87. The molecule has 0 spiro atoms. The van der Waals surface area contributed by atoms with Crippen LogP contribution in [0, 0.1) is 0 Å². The van der Waals surface area contributed by atoms with Gasteiger partial charge in [-0.2, -0.15) is 0 Å². The highest BCUT2D eigenvalue weighted by atomic mass is 35.5. The maximum atomic E-state index is 11.6. The highest BCUT2D eigenvalue weighted by Gasteiger charge is 2.23. The lowest BCUT2D eigenvalue weighted by atomic mass is 10.1. The Morgan fingerprint density at radius 1 is 1.44 bits per heavy atom. The van der Waals surface area contributed by atoms with Gasteiger partial charge < -0.3 is 10.6 Å². The smallest absolute Gasteiger partial charge is 0.234 e. The zero-order chi connectivity index (χ0) is 11.5. The highest BCUT2D eigenvalue weighted by Crippen LogP contribution is 2.08. The van der Waals surface area contributed by atoms with Crippen molar-refractivity contribution in [3.63, 3.8) is 0 Å². The minimum atomic E-state index is -0.126. The molecule has 0 radical (unpaired) electrons. The van der Waals surface area contributed by atoms with Crippen LogP contribution in [0.5, 0.6) is 0 Å². The number of carbonyl (C=O) groups is 1. The van der Waals surface area contributed by atoms with E-state index in [-0.39, 0.29) is 23.9 Å². The standard InChI is InChI=1S/C11H23N3O.ClH/c1-11(2,3)13-10(15)8-14-6-5-9(7-14)12-4;/h9,12H,5-8H2,1-4H3,(H,13,15);1H. The number of likely N-dealkylation sites (tertiary alicyclic amines) is 1. The topological polar surface area (TPSA) is 44.4 Å². The molecule has 1 saturated heterocycles. The molecule has 4 nitrogen and oxygen atoms in total. The van der Waals surface area contributed by atoms with E-state index in [0.717, 1.165) is 19.5 Å². The lowest BCUT2D eigenvalue weighted by Crippen LogP contribution is -2.45. The third-order valence-electron chi connectivity index (χ3n) is 2.56. The average Bonchev–Trinajstić information content (AvgIpc) is 2.48.